The Balaban J connectivity index is 2.74. The van der Waals surface area contributed by atoms with E-state index in [0.29, 0.717) is 5.69 Å². The minimum Gasteiger partial charge on any atom is -0.394 e. The molecule has 0 fully saturated rings. The van der Waals surface area contributed by atoms with E-state index in [0.717, 1.165) is 6.21 Å². The molecule has 7 heteroatoms. The first-order valence-electron chi connectivity index (χ1n) is 5.64. The van der Waals surface area contributed by atoms with Gasteiger partial charge in [-0.1, -0.05) is 18.2 Å². The molecular weight excluding hydrogens is 250 g/mol. The average molecular weight is 267 g/mol. The molecule has 0 heterocycles. The number of hydrogen-bond acceptors (Lipinski definition) is 7. The van der Waals surface area contributed by atoms with Gasteiger partial charge in [0.1, 0.15) is 24.0 Å². The fourth-order valence-corrected chi connectivity index (χ4v) is 1.32. The van der Waals surface area contributed by atoms with E-state index in [2.05, 4.69) is 10.5 Å². The maximum absolute atomic E-state index is 9.71. The summed E-state index contributed by atoms with van der Waals surface area (Å²) in [5, 5.41) is 48.0. The predicted molar refractivity (Wildman–Crippen MR) is 71.4 cm³/mol. The number of hydrogen-bond donors (Lipinski definition) is 6. The van der Waals surface area contributed by atoms with E-state index in [1.54, 1.807) is 24.3 Å². The van der Waals surface area contributed by atoms with E-state index < -0.39 is 24.9 Å². The van der Waals surface area contributed by atoms with Crippen molar-refractivity contribution in [2.45, 2.75) is 18.3 Å². The van der Waals surface area contributed by atoms with E-state index in [1.807, 2.05) is 6.07 Å². The van der Waals surface area contributed by atoms with E-state index in [1.165, 1.54) is 0 Å². The van der Waals surface area contributed by atoms with Gasteiger partial charge in [0.2, 0.25) is 0 Å². The van der Waals surface area contributed by atoms with Crippen LogP contribution in [0.5, 0.6) is 0 Å². The highest BCUT2D eigenvalue weighted by molar-refractivity contribution is 6.31. The Kier molecular flexibility index (Phi) is 6.10. The quantitative estimate of drug-likeness (QED) is 0.284. The summed E-state index contributed by atoms with van der Waals surface area (Å²) in [6.45, 7) is -0.699. The lowest BCUT2D eigenvalue weighted by Crippen LogP contribution is -2.44. The number of nitrogens with one attached hydrogen (secondary N) is 2. The van der Waals surface area contributed by atoms with Crippen LogP contribution >= 0.6 is 0 Å². The second kappa shape index (κ2) is 7.59. The lowest BCUT2D eigenvalue weighted by Gasteiger charge is -2.21. The molecule has 0 aliphatic carbocycles. The Morgan fingerprint density at radius 3 is 2.42 bits per heavy atom. The van der Waals surface area contributed by atoms with Gasteiger partial charge in [-0.15, -0.1) is 0 Å². The number of para-hydroxylation sites is 1. The third-order valence-corrected chi connectivity index (χ3v) is 2.44. The molecule has 19 heavy (non-hydrogen) atoms. The van der Waals surface area contributed by atoms with Crippen molar-refractivity contribution in [3.63, 3.8) is 0 Å². The summed E-state index contributed by atoms with van der Waals surface area (Å²) in [6, 6.07) is 8.85. The summed E-state index contributed by atoms with van der Waals surface area (Å²) in [4.78, 5) is 0. The van der Waals surface area contributed by atoms with Crippen molar-refractivity contribution < 1.29 is 20.4 Å². The van der Waals surface area contributed by atoms with Crippen molar-refractivity contribution in [1.82, 2.24) is 0 Å². The number of hydrazone groups is 1. The van der Waals surface area contributed by atoms with E-state index in [-0.39, 0.29) is 5.71 Å². The van der Waals surface area contributed by atoms with Gasteiger partial charge in [-0.2, -0.15) is 5.10 Å². The first kappa shape index (κ1) is 15.3. The van der Waals surface area contributed by atoms with Gasteiger partial charge >= 0.3 is 0 Å². The molecule has 0 aliphatic heterocycles. The monoisotopic (exact) mass is 267 g/mol. The molecule has 0 aliphatic rings. The van der Waals surface area contributed by atoms with Crippen LogP contribution in [0.15, 0.2) is 35.4 Å². The minimum atomic E-state index is -1.62. The molecule has 1 rings (SSSR count). The second-order valence-corrected chi connectivity index (χ2v) is 3.84. The molecule has 0 aromatic heterocycles. The number of benzene rings is 1. The smallest absolute Gasteiger partial charge is 0.128 e. The molecule has 0 saturated carbocycles. The standard InChI is InChI=1S/C12H17N3O4/c13-6-9(11(18)12(19)10(17)7-16)15-14-8-4-2-1-3-5-8/h1-6,10-14,16-19H,7H2/b13-6?,15-9-. The van der Waals surface area contributed by atoms with Gasteiger partial charge < -0.3 is 25.8 Å². The Hall–Kier alpha value is -1.80. The van der Waals surface area contributed by atoms with Crippen LogP contribution in [0, 0.1) is 5.41 Å². The molecule has 0 spiro atoms. The van der Waals surface area contributed by atoms with Crippen LogP contribution in [0.2, 0.25) is 0 Å². The van der Waals surface area contributed by atoms with Gasteiger partial charge in [-0.3, -0.25) is 5.43 Å². The summed E-state index contributed by atoms with van der Waals surface area (Å²) in [6.07, 6.45) is -3.94. The van der Waals surface area contributed by atoms with Crippen molar-refractivity contribution in [2.24, 2.45) is 5.10 Å². The zero-order chi connectivity index (χ0) is 14.3. The third-order valence-electron chi connectivity index (χ3n) is 2.44. The number of rotatable bonds is 7. The van der Waals surface area contributed by atoms with E-state index >= 15 is 0 Å². The van der Waals surface area contributed by atoms with Gasteiger partial charge in [0, 0.05) is 6.21 Å². The molecule has 0 saturated heterocycles. The van der Waals surface area contributed by atoms with Crippen molar-refractivity contribution in [2.75, 3.05) is 12.0 Å². The van der Waals surface area contributed by atoms with E-state index in [4.69, 9.17) is 10.5 Å². The fourth-order valence-electron chi connectivity index (χ4n) is 1.32. The number of aliphatic hydroxyl groups excluding tert-OH is 4. The van der Waals surface area contributed by atoms with Crippen molar-refractivity contribution in [3.05, 3.63) is 30.3 Å². The van der Waals surface area contributed by atoms with Gasteiger partial charge in [-0.25, -0.2) is 0 Å². The summed E-state index contributed by atoms with van der Waals surface area (Å²) >= 11 is 0. The molecule has 1 aromatic carbocycles. The molecule has 0 radical (unpaired) electrons. The van der Waals surface area contributed by atoms with Crippen LogP contribution in [-0.2, 0) is 0 Å². The minimum absolute atomic E-state index is 0.163. The van der Waals surface area contributed by atoms with Crippen molar-refractivity contribution in [1.29, 1.82) is 5.41 Å². The van der Waals surface area contributed by atoms with Crippen LogP contribution in [0.1, 0.15) is 0 Å². The Morgan fingerprint density at radius 2 is 1.89 bits per heavy atom. The summed E-state index contributed by atoms with van der Waals surface area (Å²) in [5.74, 6) is 0. The predicted octanol–water partition coefficient (Wildman–Crippen LogP) is -0.821. The van der Waals surface area contributed by atoms with Gasteiger partial charge in [0.05, 0.1) is 12.3 Å². The maximum Gasteiger partial charge on any atom is 0.128 e. The molecule has 0 amide bonds. The van der Waals surface area contributed by atoms with Crippen LogP contribution in [-0.4, -0.2) is 57.3 Å². The van der Waals surface area contributed by atoms with Gasteiger partial charge in [-0.05, 0) is 12.1 Å². The lowest BCUT2D eigenvalue weighted by molar-refractivity contribution is -0.0548. The highest BCUT2D eigenvalue weighted by Gasteiger charge is 2.27. The highest BCUT2D eigenvalue weighted by Crippen LogP contribution is 2.06. The number of anilines is 1. The Labute approximate surface area is 110 Å². The highest BCUT2D eigenvalue weighted by atomic mass is 16.4. The molecule has 104 valence electrons. The van der Waals surface area contributed by atoms with Crippen LogP contribution in [0.3, 0.4) is 0 Å². The maximum atomic E-state index is 9.71. The first-order chi connectivity index (χ1) is 9.10. The fraction of sp³-hybridized carbons (Fsp3) is 0.333. The second-order valence-electron chi connectivity index (χ2n) is 3.84. The lowest BCUT2D eigenvalue weighted by atomic mass is 10.0. The molecule has 3 atom stereocenters. The summed E-state index contributed by atoms with van der Waals surface area (Å²) in [7, 11) is 0. The van der Waals surface area contributed by atoms with Crippen molar-refractivity contribution in [3.8, 4) is 0 Å². The largest absolute Gasteiger partial charge is 0.394 e. The molecule has 3 unspecified atom stereocenters. The van der Waals surface area contributed by atoms with E-state index in [9.17, 15) is 15.3 Å². The number of aliphatic hydroxyl groups is 4. The summed E-state index contributed by atoms with van der Waals surface area (Å²) < 4.78 is 0. The first-order valence-corrected chi connectivity index (χ1v) is 5.64. The van der Waals surface area contributed by atoms with Crippen molar-refractivity contribution >= 4 is 17.6 Å². The Bertz CT molecular complexity index is 424. The van der Waals surface area contributed by atoms with Crippen LogP contribution in [0.4, 0.5) is 5.69 Å². The molecule has 6 N–H and O–H groups in total. The summed E-state index contributed by atoms with van der Waals surface area (Å²) in [5.41, 5.74) is 3.09. The molecular formula is C12H17N3O4. The number of nitrogens with zero attached hydrogens (tertiary/aromatic N) is 1. The average Bonchev–Trinajstić information content (AvgIpc) is 2.47. The molecule has 7 nitrogen and oxygen atoms in total. The molecule has 0 bridgehead atoms. The zero-order valence-corrected chi connectivity index (χ0v) is 10.1. The SMILES string of the molecule is N=C/C(=N/Nc1ccccc1)C(O)C(O)C(O)CO. The van der Waals surface area contributed by atoms with Gasteiger partial charge in [0.15, 0.2) is 0 Å². The normalized spacial score (nSPS) is 16.5. The Morgan fingerprint density at radius 1 is 1.26 bits per heavy atom. The van der Waals surface area contributed by atoms with Gasteiger partial charge in [0.25, 0.3) is 0 Å². The zero-order valence-electron chi connectivity index (χ0n) is 10.1. The third kappa shape index (κ3) is 4.42. The molecule has 1 aromatic rings. The van der Waals surface area contributed by atoms with Crippen LogP contribution in [0.25, 0.3) is 0 Å². The topological polar surface area (TPSA) is 129 Å². The van der Waals surface area contributed by atoms with Crippen LogP contribution < -0.4 is 5.43 Å².